The molecular formula is C26H32N4O5. The van der Waals surface area contributed by atoms with Gasteiger partial charge in [0.25, 0.3) is 5.56 Å². The Morgan fingerprint density at radius 2 is 1.69 bits per heavy atom. The number of aromatic amines is 1. The fraction of sp³-hybridized carbons (Fsp3) is 0.346. The number of hydrogen-bond acceptors (Lipinski definition) is 6. The Labute approximate surface area is 204 Å². The molecule has 3 N–H and O–H groups in total. The van der Waals surface area contributed by atoms with Crippen molar-refractivity contribution < 1.29 is 14.3 Å². The number of amides is 1. The van der Waals surface area contributed by atoms with Gasteiger partial charge < -0.3 is 20.1 Å². The highest BCUT2D eigenvalue weighted by atomic mass is 16.5. The lowest BCUT2D eigenvalue weighted by molar-refractivity contribution is -0.118. The monoisotopic (exact) mass is 480 g/mol. The highest BCUT2D eigenvalue weighted by Gasteiger charge is 2.24. The largest absolute Gasteiger partial charge is 0.497 e. The first kappa shape index (κ1) is 25.6. The number of nitrogens with zero attached hydrogens (tertiary/aromatic N) is 2. The number of nitrogens with one attached hydrogen (secondary N) is 1. The van der Waals surface area contributed by atoms with E-state index in [1.807, 2.05) is 49.4 Å². The Bertz CT molecular complexity index is 1240. The molecule has 0 fully saturated rings. The van der Waals surface area contributed by atoms with Gasteiger partial charge in [-0.25, -0.2) is 4.79 Å². The van der Waals surface area contributed by atoms with Crippen LogP contribution in [0.5, 0.6) is 11.5 Å². The number of aryl methyl sites for hydroxylation is 1. The first-order valence-electron chi connectivity index (χ1n) is 11.6. The van der Waals surface area contributed by atoms with Gasteiger partial charge in [0, 0.05) is 19.0 Å². The summed E-state index contributed by atoms with van der Waals surface area (Å²) in [4.78, 5) is 42.5. The van der Waals surface area contributed by atoms with Crippen LogP contribution in [-0.4, -0.2) is 29.7 Å². The number of carbonyl (C=O) groups excluding carboxylic acids is 1. The highest BCUT2D eigenvalue weighted by Crippen LogP contribution is 2.25. The number of benzene rings is 2. The third-order valence-corrected chi connectivity index (χ3v) is 5.74. The van der Waals surface area contributed by atoms with Crippen molar-refractivity contribution in [3.63, 3.8) is 0 Å². The van der Waals surface area contributed by atoms with Crippen LogP contribution < -0.4 is 31.4 Å². The smallest absolute Gasteiger partial charge is 0.330 e. The predicted octanol–water partition coefficient (Wildman–Crippen LogP) is 3.10. The summed E-state index contributed by atoms with van der Waals surface area (Å²) in [5.41, 5.74) is 6.71. The van der Waals surface area contributed by atoms with Crippen LogP contribution in [0.4, 0.5) is 11.5 Å². The molecule has 0 unspecified atom stereocenters. The molecule has 1 heterocycles. The van der Waals surface area contributed by atoms with Gasteiger partial charge in [-0.05, 0) is 36.1 Å². The number of nitrogen functional groups attached to an aromatic ring is 1. The predicted molar refractivity (Wildman–Crippen MR) is 136 cm³/mol. The number of aromatic nitrogens is 2. The Kier molecular flexibility index (Phi) is 8.72. The Morgan fingerprint density at radius 1 is 1.03 bits per heavy atom. The van der Waals surface area contributed by atoms with Gasteiger partial charge in [-0.2, -0.15) is 0 Å². The molecule has 9 nitrogen and oxygen atoms in total. The molecule has 0 aliphatic heterocycles. The molecule has 1 amide bonds. The van der Waals surface area contributed by atoms with Crippen molar-refractivity contribution in [2.45, 2.75) is 45.7 Å². The number of ether oxygens (including phenoxy) is 2. The molecule has 0 atom stereocenters. The third kappa shape index (κ3) is 6.32. The zero-order chi connectivity index (χ0) is 25.4. The molecule has 3 aromatic rings. The van der Waals surface area contributed by atoms with E-state index in [4.69, 9.17) is 15.2 Å². The summed E-state index contributed by atoms with van der Waals surface area (Å²) in [6.45, 7) is 2.48. The Hall–Kier alpha value is -4.01. The number of nitrogens with two attached hydrogens (primary N) is 1. The first-order chi connectivity index (χ1) is 16.9. The molecular weight excluding hydrogens is 448 g/mol. The number of H-pyrrole nitrogens is 1. The second-order valence-corrected chi connectivity index (χ2v) is 8.18. The number of rotatable bonds is 11. The van der Waals surface area contributed by atoms with Gasteiger partial charge in [-0.1, -0.05) is 43.7 Å². The van der Waals surface area contributed by atoms with Gasteiger partial charge in [-0.3, -0.25) is 19.1 Å². The van der Waals surface area contributed by atoms with Crippen molar-refractivity contribution in [1.82, 2.24) is 9.55 Å². The van der Waals surface area contributed by atoms with Gasteiger partial charge in [-0.15, -0.1) is 0 Å². The summed E-state index contributed by atoms with van der Waals surface area (Å²) < 4.78 is 12.0. The van der Waals surface area contributed by atoms with E-state index in [2.05, 4.69) is 4.98 Å². The number of methoxy groups -OCH3 is 2. The summed E-state index contributed by atoms with van der Waals surface area (Å²) in [6.07, 6.45) is 2.05. The van der Waals surface area contributed by atoms with E-state index < -0.39 is 11.2 Å². The number of unbranched alkanes of at least 4 members (excludes halogenated alkanes) is 1. The second kappa shape index (κ2) is 11.9. The Balaban J connectivity index is 1.97. The molecule has 1 aromatic heterocycles. The van der Waals surface area contributed by atoms with Crippen LogP contribution in [0.1, 0.15) is 37.3 Å². The van der Waals surface area contributed by atoms with Crippen molar-refractivity contribution >= 4 is 17.4 Å². The van der Waals surface area contributed by atoms with E-state index in [1.165, 1.54) is 9.47 Å². The average molecular weight is 481 g/mol. The minimum Gasteiger partial charge on any atom is -0.497 e. The Morgan fingerprint density at radius 3 is 2.29 bits per heavy atom. The van der Waals surface area contributed by atoms with Crippen molar-refractivity contribution in [3.05, 3.63) is 80.5 Å². The summed E-state index contributed by atoms with van der Waals surface area (Å²) >= 11 is 0. The maximum Gasteiger partial charge on any atom is 0.330 e. The zero-order valence-corrected chi connectivity index (χ0v) is 20.4. The molecule has 35 heavy (non-hydrogen) atoms. The molecule has 0 aliphatic rings. The van der Waals surface area contributed by atoms with Crippen molar-refractivity contribution in [1.29, 1.82) is 0 Å². The van der Waals surface area contributed by atoms with Crippen LogP contribution in [0.25, 0.3) is 0 Å². The molecule has 0 saturated carbocycles. The van der Waals surface area contributed by atoms with E-state index in [0.29, 0.717) is 30.9 Å². The lowest BCUT2D eigenvalue weighted by Crippen LogP contribution is -2.41. The summed E-state index contributed by atoms with van der Waals surface area (Å²) in [7, 11) is 3.13. The molecule has 0 radical (unpaired) electrons. The molecule has 2 aromatic carbocycles. The van der Waals surface area contributed by atoms with E-state index in [9.17, 15) is 14.4 Å². The maximum atomic E-state index is 13.5. The highest BCUT2D eigenvalue weighted by molar-refractivity contribution is 5.95. The van der Waals surface area contributed by atoms with Gasteiger partial charge in [0.2, 0.25) is 5.91 Å². The van der Waals surface area contributed by atoms with Gasteiger partial charge in [0.05, 0.1) is 20.8 Å². The van der Waals surface area contributed by atoms with Gasteiger partial charge in [0.1, 0.15) is 17.3 Å². The minimum atomic E-state index is -0.687. The topological polar surface area (TPSA) is 120 Å². The number of anilines is 2. The quantitative estimate of drug-likeness (QED) is 0.435. The van der Waals surface area contributed by atoms with Crippen LogP contribution >= 0.6 is 0 Å². The maximum absolute atomic E-state index is 13.5. The van der Waals surface area contributed by atoms with Crippen LogP contribution in [0, 0.1) is 0 Å². The minimum absolute atomic E-state index is 0.0143. The van der Waals surface area contributed by atoms with Crippen LogP contribution in [0.2, 0.25) is 0 Å². The van der Waals surface area contributed by atoms with Crippen LogP contribution in [0.3, 0.4) is 0 Å². The van der Waals surface area contributed by atoms with Gasteiger partial charge in [0.15, 0.2) is 5.69 Å². The van der Waals surface area contributed by atoms with Crippen LogP contribution in [-0.2, 0) is 24.3 Å². The summed E-state index contributed by atoms with van der Waals surface area (Å²) in [6, 6.07) is 14.7. The number of carbonyl (C=O) groups is 1. The van der Waals surface area contributed by atoms with Crippen molar-refractivity contribution in [3.8, 4) is 11.5 Å². The first-order valence-corrected chi connectivity index (χ1v) is 11.6. The normalized spacial score (nSPS) is 10.7. The van der Waals surface area contributed by atoms with E-state index in [-0.39, 0.29) is 30.4 Å². The summed E-state index contributed by atoms with van der Waals surface area (Å²) in [5, 5.41) is 0. The number of hydrogen-bond donors (Lipinski definition) is 2. The van der Waals surface area contributed by atoms with E-state index >= 15 is 0 Å². The summed E-state index contributed by atoms with van der Waals surface area (Å²) in [5.74, 6) is 0.932. The lowest BCUT2D eigenvalue weighted by atomic mass is 10.1. The molecule has 186 valence electrons. The molecule has 0 spiro atoms. The van der Waals surface area contributed by atoms with E-state index in [0.717, 1.165) is 17.5 Å². The fourth-order valence-corrected chi connectivity index (χ4v) is 3.83. The van der Waals surface area contributed by atoms with E-state index in [1.54, 1.807) is 20.3 Å². The van der Waals surface area contributed by atoms with Crippen molar-refractivity contribution in [2.75, 3.05) is 24.9 Å². The lowest BCUT2D eigenvalue weighted by Gasteiger charge is -2.25. The van der Waals surface area contributed by atoms with Crippen molar-refractivity contribution in [2.24, 2.45) is 0 Å². The molecule has 0 aliphatic carbocycles. The van der Waals surface area contributed by atoms with Gasteiger partial charge >= 0.3 is 5.69 Å². The second-order valence-electron chi connectivity index (χ2n) is 8.18. The fourth-order valence-electron chi connectivity index (χ4n) is 3.83. The standard InChI is InChI=1S/C26H32N4O5/c1-4-5-13-29-24(27)23(25(32)28-26(29)33)30(17-18-9-7-6-8-10-18)22(31)12-11-19-14-20(34-2)16-21(15-19)35-3/h6-10,14-16H,4-5,11-13,17,27H2,1-3H3,(H,28,32,33). The molecule has 9 heteroatoms. The molecule has 3 rings (SSSR count). The average Bonchev–Trinajstić information content (AvgIpc) is 2.86. The zero-order valence-electron chi connectivity index (χ0n) is 20.4. The molecule has 0 saturated heterocycles. The van der Waals surface area contributed by atoms with Crippen LogP contribution in [0.15, 0.2) is 58.1 Å². The SMILES string of the molecule is CCCCn1c(N)c(N(Cc2ccccc2)C(=O)CCc2cc(OC)cc(OC)c2)c(=O)[nH]c1=O. The third-order valence-electron chi connectivity index (χ3n) is 5.74. The molecule has 0 bridgehead atoms.